The van der Waals surface area contributed by atoms with Crippen LogP contribution in [0.3, 0.4) is 0 Å². The first-order valence-electron chi connectivity index (χ1n) is 11.9. The molecule has 3 aromatic rings. The third-order valence-corrected chi connectivity index (χ3v) is 6.95. The molecule has 0 aliphatic carbocycles. The van der Waals surface area contributed by atoms with Crippen LogP contribution in [0.25, 0.3) is 0 Å². The first-order valence-corrected chi connectivity index (χ1v) is 12.7. The number of aromatic nitrogens is 2. The average Bonchev–Trinajstić information content (AvgIpc) is 3.34. The summed E-state index contributed by atoms with van der Waals surface area (Å²) in [7, 11) is 0. The highest BCUT2D eigenvalue weighted by Crippen LogP contribution is 2.18. The standard InChI is InChI=1S/C26H31N5O3S/c1-18-9-11-22(12-10-18)34-17-23-29-30-26(35-23)25(33)28-21-8-5-7-20(16-21)24(32)27-13-15-31-14-4-3-6-19(31)2/h5,7-12,16,19H,3-4,6,13-15,17H2,1-2H3,(H,27,32)(H,28,33)/t19-/m1/s1. The molecule has 1 aliphatic heterocycles. The fourth-order valence-electron chi connectivity index (χ4n) is 4.01. The van der Waals surface area contributed by atoms with Gasteiger partial charge in [-0.3, -0.25) is 14.5 Å². The monoisotopic (exact) mass is 493 g/mol. The van der Waals surface area contributed by atoms with Crippen LogP contribution in [0.5, 0.6) is 5.75 Å². The summed E-state index contributed by atoms with van der Waals surface area (Å²) < 4.78 is 5.71. The number of carbonyl (C=O) groups excluding carboxylic acids is 2. The lowest BCUT2D eigenvalue weighted by atomic mass is 10.0. The number of piperidine rings is 1. The van der Waals surface area contributed by atoms with Crippen LogP contribution >= 0.6 is 11.3 Å². The van der Waals surface area contributed by atoms with Gasteiger partial charge < -0.3 is 15.4 Å². The molecule has 2 N–H and O–H groups in total. The van der Waals surface area contributed by atoms with Crippen molar-refractivity contribution in [2.75, 3.05) is 25.0 Å². The zero-order chi connectivity index (χ0) is 24.6. The van der Waals surface area contributed by atoms with Gasteiger partial charge in [-0.05, 0) is 63.6 Å². The van der Waals surface area contributed by atoms with Gasteiger partial charge in [0.25, 0.3) is 11.8 Å². The Labute approximate surface area is 209 Å². The van der Waals surface area contributed by atoms with Gasteiger partial charge in [-0.2, -0.15) is 0 Å². The Hall–Kier alpha value is -3.30. The maximum absolute atomic E-state index is 12.6. The predicted molar refractivity (Wildman–Crippen MR) is 137 cm³/mol. The van der Waals surface area contributed by atoms with Gasteiger partial charge in [0.15, 0.2) is 5.01 Å². The second kappa shape index (κ2) is 11.9. The summed E-state index contributed by atoms with van der Waals surface area (Å²) in [4.78, 5) is 27.7. The number of anilines is 1. The summed E-state index contributed by atoms with van der Waals surface area (Å²) in [5, 5.41) is 14.7. The van der Waals surface area contributed by atoms with Crippen molar-refractivity contribution in [2.24, 2.45) is 0 Å². The number of nitrogens with zero attached hydrogens (tertiary/aromatic N) is 3. The number of nitrogens with one attached hydrogen (secondary N) is 2. The highest BCUT2D eigenvalue weighted by Gasteiger charge is 2.18. The molecule has 0 bridgehead atoms. The van der Waals surface area contributed by atoms with Crippen molar-refractivity contribution in [3.63, 3.8) is 0 Å². The Bertz CT molecular complexity index is 1150. The van der Waals surface area contributed by atoms with Gasteiger partial charge in [-0.1, -0.05) is 41.5 Å². The molecule has 8 nitrogen and oxygen atoms in total. The Morgan fingerprint density at radius 2 is 1.94 bits per heavy atom. The van der Waals surface area contributed by atoms with Crippen molar-refractivity contribution in [2.45, 2.75) is 45.8 Å². The number of carbonyl (C=O) groups is 2. The summed E-state index contributed by atoms with van der Waals surface area (Å²) in [6.07, 6.45) is 3.71. The highest BCUT2D eigenvalue weighted by molar-refractivity contribution is 7.13. The minimum absolute atomic E-state index is 0.155. The molecule has 1 atom stereocenters. The predicted octanol–water partition coefficient (Wildman–Crippen LogP) is 4.28. The zero-order valence-corrected chi connectivity index (χ0v) is 20.9. The SMILES string of the molecule is Cc1ccc(OCc2nnc(C(=O)Nc3cccc(C(=O)NCCN4CCCC[C@H]4C)c3)s2)cc1. The van der Waals surface area contributed by atoms with Crippen LogP contribution in [-0.4, -0.2) is 52.6 Å². The lowest BCUT2D eigenvalue weighted by Gasteiger charge is -2.33. The minimum atomic E-state index is -0.374. The molecule has 4 rings (SSSR count). The van der Waals surface area contributed by atoms with E-state index in [-0.39, 0.29) is 23.4 Å². The van der Waals surface area contributed by atoms with Crippen molar-refractivity contribution >= 4 is 28.8 Å². The molecular formula is C26H31N5O3S. The molecule has 2 amide bonds. The van der Waals surface area contributed by atoms with E-state index < -0.39 is 0 Å². The van der Waals surface area contributed by atoms with Crippen LogP contribution in [0.2, 0.25) is 0 Å². The molecule has 1 fully saturated rings. The Morgan fingerprint density at radius 1 is 1.11 bits per heavy atom. The second-order valence-electron chi connectivity index (χ2n) is 8.77. The van der Waals surface area contributed by atoms with E-state index in [9.17, 15) is 9.59 Å². The van der Waals surface area contributed by atoms with E-state index in [2.05, 4.69) is 32.7 Å². The number of rotatable bonds is 9. The van der Waals surface area contributed by atoms with E-state index in [1.807, 2.05) is 31.2 Å². The molecule has 0 unspecified atom stereocenters. The van der Waals surface area contributed by atoms with Gasteiger partial charge in [0.2, 0.25) is 5.01 Å². The molecule has 35 heavy (non-hydrogen) atoms. The van der Waals surface area contributed by atoms with Gasteiger partial charge in [0.05, 0.1) is 0 Å². The lowest BCUT2D eigenvalue weighted by molar-refractivity contribution is 0.0937. The minimum Gasteiger partial charge on any atom is -0.486 e. The normalized spacial score (nSPS) is 16.0. The molecule has 1 saturated heterocycles. The van der Waals surface area contributed by atoms with E-state index in [0.717, 1.165) is 24.4 Å². The summed E-state index contributed by atoms with van der Waals surface area (Å²) in [5.74, 6) is 0.204. The Balaban J connectivity index is 1.27. The largest absolute Gasteiger partial charge is 0.486 e. The third kappa shape index (κ3) is 7.10. The number of hydrogen-bond acceptors (Lipinski definition) is 7. The molecular weight excluding hydrogens is 462 g/mol. The number of aryl methyl sites for hydroxylation is 1. The fraction of sp³-hybridized carbons (Fsp3) is 0.385. The van der Waals surface area contributed by atoms with Crippen molar-refractivity contribution in [1.29, 1.82) is 0 Å². The van der Waals surface area contributed by atoms with Gasteiger partial charge in [0.1, 0.15) is 12.4 Å². The van der Waals surface area contributed by atoms with Crippen molar-refractivity contribution in [3.05, 3.63) is 69.7 Å². The molecule has 0 saturated carbocycles. The molecule has 9 heteroatoms. The first-order chi connectivity index (χ1) is 17.0. The fourth-order valence-corrected chi connectivity index (χ4v) is 4.66. The summed E-state index contributed by atoms with van der Waals surface area (Å²) >= 11 is 1.17. The summed E-state index contributed by atoms with van der Waals surface area (Å²) in [6.45, 7) is 7.02. The van der Waals surface area contributed by atoms with Crippen molar-refractivity contribution < 1.29 is 14.3 Å². The van der Waals surface area contributed by atoms with Crippen molar-refractivity contribution in [3.8, 4) is 5.75 Å². The zero-order valence-electron chi connectivity index (χ0n) is 20.1. The van der Waals surface area contributed by atoms with Crippen LogP contribution in [0.1, 0.15) is 56.9 Å². The Kier molecular flexibility index (Phi) is 8.44. The third-order valence-electron chi connectivity index (χ3n) is 6.05. The maximum atomic E-state index is 12.6. The molecule has 1 aromatic heterocycles. The second-order valence-corrected chi connectivity index (χ2v) is 9.84. The molecule has 0 radical (unpaired) electrons. The lowest BCUT2D eigenvalue weighted by Crippen LogP contribution is -2.42. The molecule has 184 valence electrons. The highest BCUT2D eigenvalue weighted by atomic mass is 32.1. The Morgan fingerprint density at radius 3 is 2.74 bits per heavy atom. The van der Waals surface area contributed by atoms with Gasteiger partial charge in [-0.15, -0.1) is 10.2 Å². The summed E-state index contributed by atoms with van der Waals surface area (Å²) in [6, 6.07) is 15.2. The molecule has 1 aliphatic rings. The number of benzene rings is 2. The van der Waals surface area contributed by atoms with Gasteiger partial charge in [-0.25, -0.2) is 0 Å². The van der Waals surface area contributed by atoms with E-state index in [0.29, 0.717) is 28.8 Å². The maximum Gasteiger partial charge on any atom is 0.286 e. The van der Waals surface area contributed by atoms with E-state index in [1.54, 1.807) is 24.3 Å². The molecule has 0 spiro atoms. The number of hydrogen-bond donors (Lipinski definition) is 2. The van der Waals surface area contributed by atoms with E-state index in [4.69, 9.17) is 4.74 Å². The van der Waals surface area contributed by atoms with Gasteiger partial charge >= 0.3 is 0 Å². The first kappa shape index (κ1) is 24.8. The van der Waals surface area contributed by atoms with Crippen LogP contribution in [0.15, 0.2) is 48.5 Å². The smallest absolute Gasteiger partial charge is 0.286 e. The topological polar surface area (TPSA) is 96.5 Å². The quantitative estimate of drug-likeness (QED) is 0.462. The van der Waals surface area contributed by atoms with Gasteiger partial charge in [0, 0.05) is 30.4 Å². The van der Waals surface area contributed by atoms with Crippen molar-refractivity contribution in [1.82, 2.24) is 20.4 Å². The van der Waals surface area contributed by atoms with Crippen LogP contribution < -0.4 is 15.4 Å². The molecule has 2 aromatic carbocycles. The van der Waals surface area contributed by atoms with E-state index in [1.165, 1.54) is 30.6 Å². The number of likely N-dealkylation sites (tertiary alicyclic amines) is 1. The van der Waals surface area contributed by atoms with Crippen LogP contribution in [0, 0.1) is 6.92 Å². The van der Waals surface area contributed by atoms with Crippen LogP contribution in [-0.2, 0) is 6.61 Å². The molecule has 2 heterocycles. The average molecular weight is 494 g/mol. The van der Waals surface area contributed by atoms with Crippen LogP contribution in [0.4, 0.5) is 5.69 Å². The number of amides is 2. The number of ether oxygens (including phenoxy) is 1. The summed E-state index contributed by atoms with van der Waals surface area (Å²) in [5.41, 5.74) is 2.18. The van der Waals surface area contributed by atoms with E-state index >= 15 is 0 Å².